The summed E-state index contributed by atoms with van der Waals surface area (Å²) in [5, 5.41) is 1.08. The molecule has 78 valence electrons. The molecule has 0 radical (unpaired) electrons. The molecule has 1 aromatic carbocycles. The molecule has 0 N–H and O–H groups in total. The van der Waals surface area contributed by atoms with Crippen molar-refractivity contribution >= 4 is 11.3 Å². The maximum Gasteiger partial charge on any atom is 0.123 e. The minimum Gasteiger partial charge on any atom is -0.380 e. The highest BCUT2D eigenvalue weighted by molar-refractivity contribution is 7.14. The molecule has 0 bridgehead atoms. The summed E-state index contributed by atoms with van der Waals surface area (Å²) < 4.78 is 5.06. The Kier molecular flexibility index (Phi) is 3.14. The number of rotatable bonds is 3. The van der Waals surface area contributed by atoms with Crippen molar-refractivity contribution in [1.82, 2.24) is 4.98 Å². The third kappa shape index (κ3) is 2.43. The molecule has 15 heavy (non-hydrogen) atoms. The van der Waals surface area contributed by atoms with E-state index in [-0.39, 0.29) is 0 Å². The molecule has 0 atom stereocenters. The fourth-order valence-electron chi connectivity index (χ4n) is 1.40. The number of thiazole rings is 1. The van der Waals surface area contributed by atoms with Crippen LogP contribution < -0.4 is 0 Å². The van der Waals surface area contributed by atoms with Gasteiger partial charge in [-0.05, 0) is 12.5 Å². The van der Waals surface area contributed by atoms with E-state index >= 15 is 0 Å². The molecule has 0 aliphatic rings. The van der Waals surface area contributed by atoms with Crippen molar-refractivity contribution in [1.29, 1.82) is 0 Å². The lowest BCUT2D eigenvalue weighted by Gasteiger charge is -2.00. The van der Waals surface area contributed by atoms with Crippen LogP contribution in [-0.2, 0) is 11.3 Å². The first-order valence-corrected chi connectivity index (χ1v) is 5.62. The molecular weight excluding hydrogens is 206 g/mol. The van der Waals surface area contributed by atoms with E-state index in [1.807, 2.05) is 6.20 Å². The number of benzene rings is 1. The zero-order chi connectivity index (χ0) is 10.7. The van der Waals surface area contributed by atoms with Crippen LogP contribution in [0.4, 0.5) is 0 Å². The van der Waals surface area contributed by atoms with Crippen molar-refractivity contribution in [3.8, 4) is 10.6 Å². The highest BCUT2D eigenvalue weighted by atomic mass is 32.1. The molecule has 1 heterocycles. The predicted molar refractivity (Wildman–Crippen MR) is 63.0 cm³/mol. The maximum atomic E-state index is 5.06. The zero-order valence-electron chi connectivity index (χ0n) is 8.86. The lowest BCUT2D eigenvalue weighted by atomic mass is 10.1. The van der Waals surface area contributed by atoms with Crippen LogP contribution >= 0.6 is 11.3 Å². The van der Waals surface area contributed by atoms with Crippen LogP contribution in [-0.4, -0.2) is 12.1 Å². The summed E-state index contributed by atoms with van der Waals surface area (Å²) in [5.41, 5.74) is 2.36. The van der Waals surface area contributed by atoms with Crippen molar-refractivity contribution in [2.75, 3.05) is 7.11 Å². The summed E-state index contributed by atoms with van der Waals surface area (Å²) >= 11 is 1.72. The molecule has 2 rings (SSSR count). The largest absolute Gasteiger partial charge is 0.380 e. The molecule has 0 aliphatic heterocycles. The SMILES string of the molecule is COCc1ccc(-c2ncc(C)s2)cc1. The van der Waals surface area contributed by atoms with Crippen LogP contribution in [0.5, 0.6) is 0 Å². The van der Waals surface area contributed by atoms with Gasteiger partial charge >= 0.3 is 0 Å². The molecule has 0 spiro atoms. The van der Waals surface area contributed by atoms with Crippen molar-refractivity contribution in [2.45, 2.75) is 13.5 Å². The lowest BCUT2D eigenvalue weighted by Crippen LogP contribution is -1.86. The van der Waals surface area contributed by atoms with Gasteiger partial charge in [0.15, 0.2) is 0 Å². The monoisotopic (exact) mass is 219 g/mol. The van der Waals surface area contributed by atoms with E-state index in [4.69, 9.17) is 4.74 Å². The topological polar surface area (TPSA) is 22.1 Å². The predicted octanol–water partition coefficient (Wildman–Crippen LogP) is 3.26. The van der Waals surface area contributed by atoms with Gasteiger partial charge in [-0.3, -0.25) is 0 Å². The number of hydrogen-bond acceptors (Lipinski definition) is 3. The van der Waals surface area contributed by atoms with E-state index in [1.165, 1.54) is 16.0 Å². The Bertz CT molecular complexity index is 433. The van der Waals surface area contributed by atoms with Crippen LogP contribution in [0.1, 0.15) is 10.4 Å². The second-order valence-electron chi connectivity index (χ2n) is 3.41. The molecule has 1 aromatic heterocycles. The molecule has 0 unspecified atom stereocenters. The number of aromatic nitrogens is 1. The smallest absolute Gasteiger partial charge is 0.123 e. The Morgan fingerprint density at radius 2 is 2.00 bits per heavy atom. The summed E-state index contributed by atoms with van der Waals surface area (Å²) in [5.74, 6) is 0. The Hall–Kier alpha value is -1.19. The van der Waals surface area contributed by atoms with Gasteiger partial charge in [0.1, 0.15) is 5.01 Å². The van der Waals surface area contributed by atoms with Crippen LogP contribution in [0.3, 0.4) is 0 Å². The quantitative estimate of drug-likeness (QED) is 0.790. The second kappa shape index (κ2) is 4.55. The first kappa shape index (κ1) is 10.3. The van der Waals surface area contributed by atoms with Crippen molar-refractivity contribution in [2.24, 2.45) is 0 Å². The molecule has 3 heteroatoms. The minimum absolute atomic E-state index is 0.664. The van der Waals surface area contributed by atoms with Gasteiger partial charge in [0.2, 0.25) is 0 Å². The third-order valence-corrected chi connectivity index (χ3v) is 3.10. The van der Waals surface area contributed by atoms with Crippen LogP contribution in [0.2, 0.25) is 0 Å². The van der Waals surface area contributed by atoms with Gasteiger partial charge in [-0.15, -0.1) is 11.3 Å². The summed E-state index contributed by atoms with van der Waals surface area (Å²) in [7, 11) is 1.71. The molecule has 0 aliphatic carbocycles. The van der Waals surface area contributed by atoms with E-state index in [9.17, 15) is 0 Å². The van der Waals surface area contributed by atoms with Crippen LogP contribution in [0.25, 0.3) is 10.6 Å². The third-order valence-electron chi connectivity index (χ3n) is 2.13. The normalized spacial score (nSPS) is 10.5. The Labute approximate surface area is 93.6 Å². The highest BCUT2D eigenvalue weighted by Crippen LogP contribution is 2.24. The van der Waals surface area contributed by atoms with Gasteiger partial charge < -0.3 is 4.74 Å². The molecule has 0 fully saturated rings. The van der Waals surface area contributed by atoms with Gasteiger partial charge in [-0.2, -0.15) is 0 Å². The number of aryl methyl sites for hydroxylation is 1. The molecule has 0 saturated heterocycles. The van der Waals surface area contributed by atoms with E-state index in [2.05, 4.69) is 36.2 Å². The Morgan fingerprint density at radius 3 is 2.53 bits per heavy atom. The number of nitrogens with zero attached hydrogens (tertiary/aromatic N) is 1. The Balaban J connectivity index is 2.23. The molecule has 0 saturated carbocycles. The van der Waals surface area contributed by atoms with Crippen molar-refractivity contribution in [3.05, 3.63) is 40.9 Å². The number of ether oxygens (including phenoxy) is 1. The molecular formula is C12H13NOS. The van der Waals surface area contributed by atoms with Gasteiger partial charge in [-0.1, -0.05) is 24.3 Å². The van der Waals surface area contributed by atoms with Crippen molar-refractivity contribution in [3.63, 3.8) is 0 Å². The average Bonchev–Trinajstić information content (AvgIpc) is 2.67. The van der Waals surface area contributed by atoms with Crippen molar-refractivity contribution < 1.29 is 4.74 Å². The van der Waals surface area contributed by atoms with Gasteiger partial charge in [0.25, 0.3) is 0 Å². The Morgan fingerprint density at radius 1 is 1.27 bits per heavy atom. The average molecular weight is 219 g/mol. The van der Waals surface area contributed by atoms with Gasteiger partial charge in [0.05, 0.1) is 6.61 Å². The zero-order valence-corrected chi connectivity index (χ0v) is 9.67. The number of hydrogen-bond donors (Lipinski definition) is 0. The first-order valence-electron chi connectivity index (χ1n) is 4.80. The van der Waals surface area contributed by atoms with E-state index < -0.39 is 0 Å². The molecule has 2 nitrogen and oxygen atoms in total. The van der Waals surface area contributed by atoms with Crippen LogP contribution in [0, 0.1) is 6.92 Å². The van der Waals surface area contributed by atoms with Gasteiger partial charge in [-0.25, -0.2) is 4.98 Å². The van der Waals surface area contributed by atoms with Crippen LogP contribution in [0.15, 0.2) is 30.5 Å². The maximum absolute atomic E-state index is 5.06. The van der Waals surface area contributed by atoms with E-state index in [0.29, 0.717) is 6.61 Å². The minimum atomic E-state index is 0.664. The first-order chi connectivity index (χ1) is 7.29. The van der Waals surface area contributed by atoms with Gasteiger partial charge in [0, 0.05) is 23.7 Å². The second-order valence-corrected chi connectivity index (χ2v) is 4.64. The molecule has 2 aromatic rings. The highest BCUT2D eigenvalue weighted by Gasteiger charge is 2.01. The lowest BCUT2D eigenvalue weighted by molar-refractivity contribution is 0.185. The summed E-state index contributed by atoms with van der Waals surface area (Å²) in [6.07, 6.45) is 1.91. The fourth-order valence-corrected chi connectivity index (χ4v) is 2.17. The fraction of sp³-hybridized carbons (Fsp3) is 0.250. The summed E-state index contributed by atoms with van der Waals surface area (Å²) in [4.78, 5) is 5.59. The van der Waals surface area contributed by atoms with E-state index in [1.54, 1.807) is 18.4 Å². The number of methoxy groups -OCH3 is 1. The van der Waals surface area contributed by atoms with E-state index in [0.717, 1.165) is 5.01 Å². The summed E-state index contributed by atoms with van der Waals surface area (Å²) in [6.45, 7) is 2.73. The summed E-state index contributed by atoms with van der Waals surface area (Å²) in [6, 6.07) is 8.34. The standard InChI is InChI=1S/C12H13NOS/c1-9-7-13-12(15-9)11-5-3-10(4-6-11)8-14-2/h3-7H,8H2,1-2H3. The molecule has 0 amide bonds.